The number of benzene rings is 3. The number of allylic oxidation sites excluding steroid dienone is 1. The summed E-state index contributed by atoms with van der Waals surface area (Å²) >= 11 is 0. The van der Waals surface area contributed by atoms with Crippen molar-refractivity contribution in [2.24, 2.45) is 0 Å². The van der Waals surface area contributed by atoms with Crippen LogP contribution in [0.5, 0.6) is 23.0 Å². The minimum absolute atomic E-state index is 0.254. The van der Waals surface area contributed by atoms with Gasteiger partial charge >= 0.3 is 0 Å². The molecule has 0 saturated heterocycles. The van der Waals surface area contributed by atoms with Crippen molar-refractivity contribution in [1.82, 2.24) is 9.97 Å². The van der Waals surface area contributed by atoms with Crippen LogP contribution in [0.1, 0.15) is 21.7 Å². The van der Waals surface area contributed by atoms with Crippen molar-refractivity contribution < 1.29 is 23.7 Å². The quantitative estimate of drug-likeness (QED) is 0.304. The molecule has 33 heavy (non-hydrogen) atoms. The van der Waals surface area contributed by atoms with Gasteiger partial charge in [-0.1, -0.05) is 24.3 Å². The van der Waals surface area contributed by atoms with Crippen LogP contribution < -0.4 is 18.9 Å². The Labute approximate surface area is 191 Å². The minimum atomic E-state index is -0.254. The molecule has 0 radical (unpaired) electrons. The van der Waals surface area contributed by atoms with E-state index in [2.05, 4.69) is 9.97 Å². The number of carbonyl (C=O) groups excluding carboxylic acids is 1. The molecule has 0 aliphatic rings. The second-order valence-corrected chi connectivity index (χ2v) is 7.18. The van der Waals surface area contributed by atoms with Gasteiger partial charge in [0.15, 0.2) is 17.3 Å². The van der Waals surface area contributed by atoms with E-state index in [1.165, 1.54) is 21.3 Å². The maximum Gasteiger partial charge on any atom is 0.203 e. The molecular weight excluding hydrogens is 420 g/mol. The lowest BCUT2D eigenvalue weighted by Crippen LogP contribution is -2.06. The first-order chi connectivity index (χ1) is 16.1. The van der Waals surface area contributed by atoms with Gasteiger partial charge in [-0.2, -0.15) is 0 Å². The highest BCUT2D eigenvalue weighted by Crippen LogP contribution is 2.39. The molecule has 0 unspecified atom stereocenters. The third-order valence-electron chi connectivity index (χ3n) is 5.22. The van der Waals surface area contributed by atoms with Gasteiger partial charge in [-0.15, -0.1) is 0 Å². The fourth-order valence-electron chi connectivity index (χ4n) is 3.59. The molecule has 0 bridgehead atoms. The third-order valence-corrected chi connectivity index (χ3v) is 5.22. The van der Waals surface area contributed by atoms with E-state index in [1.54, 1.807) is 25.3 Å². The molecule has 4 aromatic rings. The van der Waals surface area contributed by atoms with Crippen molar-refractivity contribution in [3.8, 4) is 23.0 Å². The molecule has 7 heteroatoms. The Hall–Kier alpha value is -4.26. The fourth-order valence-corrected chi connectivity index (χ4v) is 3.59. The number of aromatic nitrogens is 2. The molecule has 1 heterocycles. The van der Waals surface area contributed by atoms with Crippen molar-refractivity contribution in [2.75, 3.05) is 28.4 Å². The Morgan fingerprint density at radius 1 is 0.848 bits per heavy atom. The number of hydrogen-bond donors (Lipinski definition) is 1. The number of ether oxygens (including phenoxy) is 4. The van der Waals surface area contributed by atoms with Crippen LogP contribution in [-0.2, 0) is 0 Å². The zero-order valence-corrected chi connectivity index (χ0v) is 18.8. The smallest absolute Gasteiger partial charge is 0.203 e. The number of aromatic amines is 1. The first-order valence-electron chi connectivity index (χ1n) is 10.2. The number of hydrogen-bond acceptors (Lipinski definition) is 6. The molecule has 4 rings (SSSR count). The summed E-state index contributed by atoms with van der Waals surface area (Å²) in [5.74, 6) is 2.09. The van der Waals surface area contributed by atoms with E-state index in [1.807, 2.05) is 48.5 Å². The number of carbonyl (C=O) groups is 1. The summed E-state index contributed by atoms with van der Waals surface area (Å²) in [7, 11) is 6.14. The molecule has 0 fully saturated rings. The highest BCUT2D eigenvalue weighted by molar-refractivity contribution is 6.32. The Morgan fingerprint density at radius 3 is 2.21 bits per heavy atom. The van der Waals surface area contributed by atoms with Gasteiger partial charge in [0.1, 0.15) is 11.6 Å². The largest absolute Gasteiger partial charge is 0.497 e. The second kappa shape index (κ2) is 9.48. The number of fused-ring (bicyclic) bond motifs is 1. The van der Waals surface area contributed by atoms with Crippen LogP contribution in [0.15, 0.2) is 60.7 Å². The van der Waals surface area contributed by atoms with Crippen molar-refractivity contribution in [3.63, 3.8) is 0 Å². The second-order valence-electron chi connectivity index (χ2n) is 7.18. The Balaban J connectivity index is 1.89. The highest BCUT2D eigenvalue weighted by Gasteiger charge is 2.22. The van der Waals surface area contributed by atoms with Crippen LogP contribution in [-0.4, -0.2) is 44.2 Å². The van der Waals surface area contributed by atoms with E-state index < -0.39 is 0 Å². The summed E-state index contributed by atoms with van der Waals surface area (Å²) in [5.41, 5.74) is 3.15. The van der Waals surface area contributed by atoms with Gasteiger partial charge in [0.05, 0.1) is 45.0 Å². The molecular formula is C26H24N2O5. The zero-order chi connectivity index (χ0) is 23.4. The van der Waals surface area contributed by atoms with Crippen LogP contribution in [0.4, 0.5) is 0 Å². The number of H-pyrrole nitrogens is 1. The topological polar surface area (TPSA) is 82.7 Å². The summed E-state index contributed by atoms with van der Waals surface area (Å²) in [6.07, 6.45) is 1.78. The average Bonchev–Trinajstić information content (AvgIpc) is 3.30. The number of ketones is 1. The number of nitrogens with zero attached hydrogens (tertiary/aromatic N) is 1. The molecule has 1 N–H and O–H groups in total. The molecule has 0 aliphatic heterocycles. The molecule has 0 aliphatic carbocycles. The number of methoxy groups -OCH3 is 4. The van der Waals surface area contributed by atoms with Crippen molar-refractivity contribution in [2.45, 2.75) is 0 Å². The number of nitrogens with one attached hydrogen (secondary N) is 1. The number of rotatable bonds is 8. The monoisotopic (exact) mass is 444 g/mol. The van der Waals surface area contributed by atoms with Gasteiger partial charge < -0.3 is 23.9 Å². The van der Waals surface area contributed by atoms with Gasteiger partial charge in [-0.3, -0.25) is 4.79 Å². The summed E-state index contributed by atoms with van der Waals surface area (Å²) in [5, 5.41) is 0. The number of Topliss-reactive ketones (excluding diaryl/α,β-unsaturated/α-hetero) is 1. The molecule has 0 spiro atoms. The number of para-hydroxylation sites is 2. The van der Waals surface area contributed by atoms with Gasteiger partial charge in [0.25, 0.3) is 0 Å². The predicted octanol–water partition coefficient (Wildman–Crippen LogP) is 5.02. The lowest BCUT2D eigenvalue weighted by molar-refractivity contribution is 0.105. The molecule has 0 saturated carbocycles. The van der Waals surface area contributed by atoms with E-state index in [4.69, 9.17) is 18.9 Å². The fraction of sp³-hybridized carbons (Fsp3) is 0.154. The van der Waals surface area contributed by atoms with Gasteiger partial charge in [0.2, 0.25) is 5.75 Å². The van der Waals surface area contributed by atoms with Crippen LogP contribution in [0.25, 0.3) is 22.7 Å². The molecule has 0 amide bonds. The van der Waals surface area contributed by atoms with Crippen LogP contribution in [0.3, 0.4) is 0 Å². The van der Waals surface area contributed by atoms with Gasteiger partial charge in [-0.05, 0) is 48.0 Å². The third kappa shape index (κ3) is 4.39. The first kappa shape index (κ1) is 22.0. The average molecular weight is 444 g/mol. The van der Waals surface area contributed by atoms with Crippen LogP contribution in [0, 0.1) is 0 Å². The van der Waals surface area contributed by atoms with Gasteiger partial charge in [-0.25, -0.2) is 4.98 Å². The molecule has 7 nitrogen and oxygen atoms in total. The summed E-state index contributed by atoms with van der Waals surface area (Å²) < 4.78 is 21.6. The standard InChI is InChI=1S/C26H24N2O5/c1-30-18-9-7-8-16(12-18)13-19(26-27-20-10-5-6-11-21(20)28-26)24(29)17-14-22(31-2)25(33-4)23(15-17)32-3/h5-15H,1-4H3,(H,27,28)/b19-13-. The molecule has 1 aromatic heterocycles. The van der Waals surface area contributed by atoms with E-state index >= 15 is 0 Å². The normalized spacial score (nSPS) is 11.3. The maximum atomic E-state index is 13.8. The predicted molar refractivity (Wildman–Crippen MR) is 127 cm³/mol. The Morgan fingerprint density at radius 2 is 1.58 bits per heavy atom. The van der Waals surface area contributed by atoms with Crippen molar-refractivity contribution >= 4 is 28.5 Å². The summed E-state index contributed by atoms with van der Waals surface area (Å²) in [4.78, 5) is 21.7. The molecule has 3 aromatic carbocycles. The summed E-state index contributed by atoms with van der Waals surface area (Å²) in [6.45, 7) is 0. The minimum Gasteiger partial charge on any atom is -0.497 e. The van der Waals surface area contributed by atoms with E-state index in [0.717, 1.165) is 16.6 Å². The Bertz CT molecular complexity index is 1280. The van der Waals surface area contributed by atoms with Crippen LogP contribution >= 0.6 is 0 Å². The van der Waals surface area contributed by atoms with E-state index in [0.29, 0.717) is 40.0 Å². The zero-order valence-electron chi connectivity index (χ0n) is 18.8. The maximum absolute atomic E-state index is 13.8. The Kier molecular flexibility index (Phi) is 6.31. The van der Waals surface area contributed by atoms with Gasteiger partial charge in [0, 0.05) is 5.56 Å². The molecule has 0 atom stereocenters. The van der Waals surface area contributed by atoms with Crippen molar-refractivity contribution in [1.29, 1.82) is 0 Å². The highest BCUT2D eigenvalue weighted by atomic mass is 16.5. The van der Waals surface area contributed by atoms with E-state index in [9.17, 15) is 4.79 Å². The first-order valence-corrected chi connectivity index (χ1v) is 10.2. The lowest BCUT2D eigenvalue weighted by Gasteiger charge is -2.14. The van der Waals surface area contributed by atoms with Crippen LogP contribution in [0.2, 0.25) is 0 Å². The molecule has 168 valence electrons. The van der Waals surface area contributed by atoms with Crippen molar-refractivity contribution in [3.05, 3.63) is 77.6 Å². The van der Waals surface area contributed by atoms with E-state index in [-0.39, 0.29) is 5.78 Å². The SMILES string of the molecule is COc1cccc(/C=C(/C(=O)c2cc(OC)c(OC)c(OC)c2)c2nc3ccccc3[nH]2)c1. The lowest BCUT2D eigenvalue weighted by atomic mass is 9.99. The summed E-state index contributed by atoms with van der Waals surface area (Å²) in [6, 6.07) is 18.3. The number of imidazole rings is 1.